The van der Waals surface area contributed by atoms with E-state index in [1.165, 1.54) is 12.5 Å². The lowest BCUT2D eigenvalue weighted by Crippen LogP contribution is -2.66. The van der Waals surface area contributed by atoms with E-state index in [1.54, 1.807) is 11.8 Å². The van der Waals surface area contributed by atoms with E-state index in [0.29, 0.717) is 24.5 Å². The predicted molar refractivity (Wildman–Crippen MR) is 105 cm³/mol. The van der Waals surface area contributed by atoms with Crippen LogP contribution in [0, 0.1) is 22.7 Å². The molecule has 3 fully saturated rings. The van der Waals surface area contributed by atoms with Crippen molar-refractivity contribution in [3.05, 3.63) is 11.6 Å². The molecule has 4 aliphatic carbocycles. The van der Waals surface area contributed by atoms with Gasteiger partial charge < -0.3 is 4.74 Å². The van der Waals surface area contributed by atoms with Crippen molar-refractivity contribution in [2.75, 3.05) is 6.26 Å². The zero-order chi connectivity index (χ0) is 19.6. The molecule has 4 aliphatic rings. The molecule has 3 saturated carbocycles. The molecule has 0 aliphatic heterocycles. The van der Waals surface area contributed by atoms with Gasteiger partial charge in [-0.2, -0.15) is 0 Å². The number of ether oxygens (including phenoxy) is 1. The molecular weight excluding hydrogens is 360 g/mol. The Labute approximate surface area is 165 Å². The molecule has 0 bridgehead atoms. The Morgan fingerprint density at radius 1 is 1.15 bits per heavy atom. The molecule has 6 atom stereocenters. The molecule has 5 heteroatoms. The Balaban J connectivity index is 1.79. The van der Waals surface area contributed by atoms with E-state index in [-0.39, 0.29) is 34.6 Å². The average Bonchev–Trinajstić information content (AvgIpc) is 2.90. The number of thioether (sulfide) groups is 1. The maximum atomic E-state index is 13.8. The van der Waals surface area contributed by atoms with Gasteiger partial charge in [0.1, 0.15) is 6.10 Å². The first-order valence-corrected chi connectivity index (χ1v) is 11.4. The third-order valence-electron chi connectivity index (χ3n) is 8.38. The number of rotatable bonds is 2. The Morgan fingerprint density at radius 2 is 1.89 bits per heavy atom. The van der Waals surface area contributed by atoms with Gasteiger partial charge in [0.05, 0.1) is 4.75 Å². The predicted octanol–water partition coefficient (Wildman–Crippen LogP) is 4.11. The number of fused-ring (bicyclic) bond motifs is 5. The number of Topliss-reactive ketones (excluding diaryl/α,β-unsaturated/α-hetero) is 1. The third-order valence-corrected chi connectivity index (χ3v) is 10.0. The van der Waals surface area contributed by atoms with Crippen LogP contribution < -0.4 is 0 Å². The summed E-state index contributed by atoms with van der Waals surface area (Å²) >= 11 is 1.72. The van der Waals surface area contributed by atoms with Gasteiger partial charge in [0, 0.05) is 30.6 Å². The molecule has 0 amide bonds. The van der Waals surface area contributed by atoms with Crippen LogP contribution in [0.4, 0.5) is 0 Å². The van der Waals surface area contributed by atoms with Crippen LogP contribution in [0.15, 0.2) is 11.6 Å². The SMILES string of the molecule is CSC12C(=O)CC3(C)C(OC(C)=O)CCC3C1CCC1=CC(=O)CCC12C. The van der Waals surface area contributed by atoms with Crippen LogP contribution in [0.5, 0.6) is 0 Å². The molecule has 0 aromatic heterocycles. The van der Waals surface area contributed by atoms with Crippen LogP contribution in [-0.4, -0.2) is 34.6 Å². The lowest BCUT2D eigenvalue weighted by Gasteiger charge is -2.63. The number of allylic oxidation sites excluding steroid dienone is 1. The fourth-order valence-electron chi connectivity index (χ4n) is 7.15. The molecule has 0 aromatic carbocycles. The van der Waals surface area contributed by atoms with Gasteiger partial charge >= 0.3 is 5.97 Å². The molecule has 0 N–H and O–H groups in total. The van der Waals surface area contributed by atoms with E-state index in [9.17, 15) is 14.4 Å². The summed E-state index contributed by atoms with van der Waals surface area (Å²) in [6.07, 6.45) is 9.30. The quantitative estimate of drug-likeness (QED) is 0.664. The van der Waals surface area contributed by atoms with Crippen molar-refractivity contribution in [3.8, 4) is 0 Å². The number of hydrogen-bond acceptors (Lipinski definition) is 5. The minimum Gasteiger partial charge on any atom is -0.462 e. The van der Waals surface area contributed by atoms with E-state index in [1.807, 2.05) is 6.08 Å². The van der Waals surface area contributed by atoms with Crippen LogP contribution >= 0.6 is 11.8 Å². The highest BCUT2D eigenvalue weighted by molar-refractivity contribution is 8.00. The monoisotopic (exact) mass is 390 g/mol. The summed E-state index contributed by atoms with van der Waals surface area (Å²) in [5.74, 6) is 0.946. The summed E-state index contributed by atoms with van der Waals surface area (Å²) in [6, 6.07) is 0. The van der Waals surface area contributed by atoms with Crippen LogP contribution in [0.1, 0.15) is 65.7 Å². The topological polar surface area (TPSA) is 60.4 Å². The van der Waals surface area contributed by atoms with E-state index in [4.69, 9.17) is 4.74 Å². The Bertz CT molecular complexity index is 743. The molecule has 4 rings (SSSR count). The number of esters is 1. The maximum Gasteiger partial charge on any atom is 0.302 e. The lowest BCUT2D eigenvalue weighted by molar-refractivity contribution is -0.161. The van der Waals surface area contributed by atoms with Crippen molar-refractivity contribution >= 4 is 29.3 Å². The highest BCUT2D eigenvalue weighted by atomic mass is 32.2. The molecule has 0 radical (unpaired) electrons. The van der Waals surface area contributed by atoms with E-state index >= 15 is 0 Å². The second-order valence-corrected chi connectivity index (χ2v) is 10.5. The van der Waals surface area contributed by atoms with Crippen molar-refractivity contribution < 1.29 is 19.1 Å². The molecule has 0 aromatic rings. The minimum absolute atomic E-state index is 0.151. The fourth-order valence-corrected chi connectivity index (χ4v) is 8.72. The Kier molecular flexibility index (Phi) is 4.41. The smallest absolute Gasteiger partial charge is 0.302 e. The van der Waals surface area contributed by atoms with Gasteiger partial charge in [0.25, 0.3) is 0 Å². The van der Waals surface area contributed by atoms with Gasteiger partial charge in [-0.3, -0.25) is 14.4 Å². The standard InChI is InChI=1S/C22H30O4S/c1-13(23)26-19-8-7-16-17-6-5-14-11-15(24)9-10-21(14,3)22(17,27-4)18(25)12-20(16,19)2/h11,16-17,19H,5-10,12H2,1-4H3. The van der Waals surface area contributed by atoms with Crippen molar-refractivity contribution in [2.45, 2.75) is 76.6 Å². The molecule has 0 heterocycles. The van der Waals surface area contributed by atoms with E-state index < -0.39 is 4.75 Å². The molecule has 0 spiro atoms. The van der Waals surface area contributed by atoms with Gasteiger partial charge in [-0.25, -0.2) is 0 Å². The number of carbonyl (C=O) groups excluding carboxylic acids is 3. The molecular formula is C22H30O4S. The van der Waals surface area contributed by atoms with Crippen molar-refractivity contribution in [1.82, 2.24) is 0 Å². The van der Waals surface area contributed by atoms with Crippen LogP contribution in [0.3, 0.4) is 0 Å². The highest BCUT2D eigenvalue weighted by Crippen LogP contribution is 2.69. The van der Waals surface area contributed by atoms with Crippen molar-refractivity contribution in [3.63, 3.8) is 0 Å². The van der Waals surface area contributed by atoms with Gasteiger partial charge in [0.15, 0.2) is 11.6 Å². The van der Waals surface area contributed by atoms with Gasteiger partial charge in [-0.05, 0) is 56.3 Å². The average molecular weight is 391 g/mol. The lowest BCUT2D eigenvalue weighted by atomic mass is 9.46. The number of ketones is 2. The molecule has 148 valence electrons. The molecule has 27 heavy (non-hydrogen) atoms. The summed E-state index contributed by atoms with van der Waals surface area (Å²) in [5, 5.41) is 0. The van der Waals surface area contributed by atoms with Crippen LogP contribution in [-0.2, 0) is 19.1 Å². The zero-order valence-corrected chi connectivity index (χ0v) is 17.6. The number of hydrogen-bond donors (Lipinski definition) is 0. The molecule has 4 nitrogen and oxygen atoms in total. The summed E-state index contributed by atoms with van der Waals surface area (Å²) in [4.78, 5) is 37.5. The maximum absolute atomic E-state index is 13.8. The van der Waals surface area contributed by atoms with E-state index in [2.05, 4.69) is 20.1 Å². The summed E-state index contributed by atoms with van der Waals surface area (Å²) < 4.78 is 5.22. The first-order chi connectivity index (χ1) is 12.7. The van der Waals surface area contributed by atoms with Crippen LogP contribution in [0.2, 0.25) is 0 Å². The van der Waals surface area contributed by atoms with Crippen LogP contribution in [0.25, 0.3) is 0 Å². The summed E-state index contributed by atoms with van der Waals surface area (Å²) in [7, 11) is 0. The highest BCUT2D eigenvalue weighted by Gasteiger charge is 2.70. The second-order valence-electron chi connectivity index (χ2n) is 9.44. The second kappa shape index (κ2) is 6.20. The molecule has 6 unspecified atom stereocenters. The number of carbonyl (C=O) groups is 3. The molecule has 0 saturated heterocycles. The van der Waals surface area contributed by atoms with Gasteiger partial charge in [-0.15, -0.1) is 11.8 Å². The van der Waals surface area contributed by atoms with Crippen molar-refractivity contribution in [2.24, 2.45) is 22.7 Å². The van der Waals surface area contributed by atoms with E-state index in [0.717, 1.165) is 32.1 Å². The first-order valence-electron chi connectivity index (χ1n) is 10.2. The van der Waals surface area contributed by atoms with Gasteiger partial charge in [0.2, 0.25) is 0 Å². The largest absolute Gasteiger partial charge is 0.462 e. The third kappa shape index (κ3) is 2.39. The summed E-state index contributed by atoms with van der Waals surface area (Å²) in [5.41, 5.74) is 0.700. The summed E-state index contributed by atoms with van der Waals surface area (Å²) in [6.45, 7) is 5.86. The first kappa shape index (κ1) is 19.2. The van der Waals surface area contributed by atoms with Crippen molar-refractivity contribution in [1.29, 1.82) is 0 Å². The Morgan fingerprint density at radius 3 is 2.56 bits per heavy atom. The fraction of sp³-hybridized carbons (Fsp3) is 0.773. The Hall–Kier alpha value is -1.10. The normalized spacial score (nSPS) is 46.2. The minimum atomic E-state index is -0.451. The zero-order valence-electron chi connectivity index (χ0n) is 16.8. The van der Waals surface area contributed by atoms with Gasteiger partial charge in [-0.1, -0.05) is 19.4 Å².